The highest BCUT2D eigenvalue weighted by atomic mass is 32.2. The van der Waals surface area contributed by atoms with Gasteiger partial charge in [-0.05, 0) is 43.5 Å². The molecule has 5 heteroatoms. The minimum absolute atomic E-state index is 0.336. The average Bonchev–Trinajstić information content (AvgIpc) is 2.51. The van der Waals surface area contributed by atoms with Crippen LogP contribution in [0.4, 0.5) is 0 Å². The highest BCUT2D eigenvalue weighted by Crippen LogP contribution is 2.23. The summed E-state index contributed by atoms with van der Waals surface area (Å²) in [6, 6.07) is 7.09. The van der Waals surface area contributed by atoms with E-state index in [-0.39, 0.29) is 5.54 Å². The van der Waals surface area contributed by atoms with Crippen molar-refractivity contribution in [3.8, 4) is 0 Å². The molecule has 0 heterocycles. The number of nitrogens with one attached hydrogen (secondary N) is 2. The van der Waals surface area contributed by atoms with E-state index in [9.17, 15) is 8.42 Å². The Balaban J connectivity index is 2.92. The molecule has 0 amide bonds. The SMILES string of the molecule is CCNCc1ccc(S(=O)(=O)NC(CC)(CC)CC)cc1. The molecule has 0 saturated carbocycles. The maximum absolute atomic E-state index is 12.5. The zero-order valence-electron chi connectivity index (χ0n) is 13.6. The third kappa shape index (κ3) is 4.80. The van der Waals surface area contributed by atoms with Crippen molar-refractivity contribution in [1.29, 1.82) is 0 Å². The monoisotopic (exact) mass is 312 g/mol. The van der Waals surface area contributed by atoms with Gasteiger partial charge in [-0.3, -0.25) is 0 Å². The first-order valence-corrected chi connectivity index (χ1v) is 9.25. The third-order valence-electron chi connectivity index (χ3n) is 4.19. The number of hydrogen-bond donors (Lipinski definition) is 2. The summed E-state index contributed by atoms with van der Waals surface area (Å²) in [6.07, 6.45) is 2.37. The molecule has 0 saturated heterocycles. The van der Waals surface area contributed by atoms with Crippen LogP contribution in [0.2, 0.25) is 0 Å². The summed E-state index contributed by atoms with van der Waals surface area (Å²) in [6.45, 7) is 9.77. The highest BCUT2D eigenvalue weighted by Gasteiger charge is 2.30. The summed E-state index contributed by atoms with van der Waals surface area (Å²) < 4.78 is 27.9. The zero-order chi connectivity index (χ0) is 15.9. The molecule has 120 valence electrons. The second kappa shape index (κ2) is 7.92. The van der Waals surface area contributed by atoms with Crippen LogP contribution in [0, 0.1) is 0 Å². The van der Waals surface area contributed by atoms with Crippen molar-refractivity contribution >= 4 is 10.0 Å². The molecule has 0 fully saturated rings. The maximum atomic E-state index is 12.5. The van der Waals surface area contributed by atoms with Gasteiger partial charge in [-0.1, -0.05) is 39.8 Å². The largest absolute Gasteiger partial charge is 0.313 e. The van der Waals surface area contributed by atoms with Gasteiger partial charge in [0.25, 0.3) is 0 Å². The van der Waals surface area contributed by atoms with E-state index in [0.717, 1.165) is 37.9 Å². The molecule has 4 nitrogen and oxygen atoms in total. The maximum Gasteiger partial charge on any atom is 0.241 e. The molecule has 0 aromatic heterocycles. The van der Waals surface area contributed by atoms with E-state index in [0.29, 0.717) is 4.90 Å². The molecule has 1 rings (SSSR count). The lowest BCUT2D eigenvalue weighted by atomic mass is 9.91. The third-order valence-corrected chi connectivity index (χ3v) is 5.79. The summed E-state index contributed by atoms with van der Waals surface area (Å²) in [5.74, 6) is 0. The molecule has 1 aromatic carbocycles. The van der Waals surface area contributed by atoms with Crippen molar-refractivity contribution in [3.63, 3.8) is 0 Å². The van der Waals surface area contributed by atoms with Gasteiger partial charge in [0, 0.05) is 12.1 Å². The van der Waals surface area contributed by atoms with Crippen molar-refractivity contribution in [1.82, 2.24) is 10.0 Å². The van der Waals surface area contributed by atoms with Crippen LogP contribution in [-0.2, 0) is 16.6 Å². The molecule has 0 unspecified atom stereocenters. The molecule has 0 atom stereocenters. The van der Waals surface area contributed by atoms with Crippen LogP contribution in [0.3, 0.4) is 0 Å². The van der Waals surface area contributed by atoms with Crippen molar-refractivity contribution in [2.24, 2.45) is 0 Å². The Morgan fingerprint density at radius 2 is 1.48 bits per heavy atom. The predicted octanol–water partition coefficient (Wildman–Crippen LogP) is 3.04. The molecule has 0 aliphatic heterocycles. The van der Waals surface area contributed by atoms with Crippen LogP contribution in [0.15, 0.2) is 29.2 Å². The molecule has 0 bridgehead atoms. The molecular weight excluding hydrogens is 284 g/mol. The highest BCUT2D eigenvalue weighted by molar-refractivity contribution is 7.89. The van der Waals surface area contributed by atoms with E-state index in [2.05, 4.69) is 10.0 Å². The lowest BCUT2D eigenvalue weighted by molar-refractivity contribution is 0.341. The van der Waals surface area contributed by atoms with Crippen LogP contribution in [0.25, 0.3) is 0 Å². The Bertz CT molecular complexity index is 511. The Hall–Kier alpha value is -0.910. The number of sulfonamides is 1. The standard InChI is InChI=1S/C16H28N2O2S/c1-5-16(6-2,7-3)18-21(19,20)15-11-9-14(10-12-15)13-17-8-4/h9-12,17-18H,5-8,13H2,1-4H3. The molecule has 2 N–H and O–H groups in total. The van der Waals surface area contributed by atoms with E-state index in [1.54, 1.807) is 12.1 Å². The summed E-state index contributed by atoms with van der Waals surface area (Å²) in [4.78, 5) is 0.336. The van der Waals surface area contributed by atoms with E-state index < -0.39 is 10.0 Å². The van der Waals surface area contributed by atoms with Gasteiger partial charge < -0.3 is 5.32 Å². The van der Waals surface area contributed by atoms with Gasteiger partial charge in [0.2, 0.25) is 10.0 Å². The second-order valence-electron chi connectivity index (χ2n) is 5.37. The molecule has 0 aliphatic rings. The fourth-order valence-electron chi connectivity index (χ4n) is 2.37. The molecule has 0 spiro atoms. The predicted molar refractivity (Wildman–Crippen MR) is 87.7 cm³/mol. The topological polar surface area (TPSA) is 58.2 Å². The van der Waals surface area contributed by atoms with Crippen molar-refractivity contribution in [2.45, 2.75) is 63.9 Å². The molecular formula is C16H28N2O2S. The van der Waals surface area contributed by atoms with Crippen LogP contribution in [0.1, 0.15) is 52.5 Å². The smallest absolute Gasteiger partial charge is 0.241 e. The first kappa shape index (κ1) is 18.1. The van der Waals surface area contributed by atoms with Gasteiger partial charge in [-0.15, -0.1) is 0 Å². The molecule has 21 heavy (non-hydrogen) atoms. The molecule has 1 aromatic rings. The molecule has 0 aliphatic carbocycles. The van der Waals surface area contributed by atoms with Gasteiger partial charge in [-0.2, -0.15) is 0 Å². The Morgan fingerprint density at radius 3 is 1.90 bits per heavy atom. The normalized spacial score (nSPS) is 12.6. The van der Waals surface area contributed by atoms with Crippen LogP contribution in [-0.4, -0.2) is 20.5 Å². The van der Waals surface area contributed by atoms with E-state index >= 15 is 0 Å². The van der Waals surface area contributed by atoms with Crippen molar-refractivity contribution < 1.29 is 8.42 Å². The number of hydrogen-bond acceptors (Lipinski definition) is 3. The van der Waals surface area contributed by atoms with Crippen molar-refractivity contribution in [2.75, 3.05) is 6.54 Å². The number of rotatable bonds is 9. The van der Waals surface area contributed by atoms with Crippen LogP contribution >= 0.6 is 0 Å². The first-order chi connectivity index (χ1) is 9.93. The summed E-state index contributed by atoms with van der Waals surface area (Å²) >= 11 is 0. The summed E-state index contributed by atoms with van der Waals surface area (Å²) in [5, 5.41) is 3.22. The van der Waals surface area contributed by atoms with E-state index in [4.69, 9.17) is 0 Å². The van der Waals surface area contributed by atoms with Crippen LogP contribution in [0.5, 0.6) is 0 Å². The Morgan fingerprint density at radius 1 is 0.952 bits per heavy atom. The van der Waals surface area contributed by atoms with Gasteiger partial charge in [-0.25, -0.2) is 13.1 Å². The summed E-state index contributed by atoms with van der Waals surface area (Å²) in [7, 11) is -3.46. The zero-order valence-corrected chi connectivity index (χ0v) is 14.4. The van der Waals surface area contributed by atoms with Gasteiger partial charge >= 0.3 is 0 Å². The fraction of sp³-hybridized carbons (Fsp3) is 0.625. The van der Waals surface area contributed by atoms with Gasteiger partial charge in [0.1, 0.15) is 0 Å². The lowest BCUT2D eigenvalue weighted by Gasteiger charge is -2.31. The quantitative estimate of drug-likeness (QED) is 0.737. The van der Waals surface area contributed by atoms with Crippen LogP contribution < -0.4 is 10.0 Å². The first-order valence-electron chi connectivity index (χ1n) is 7.76. The van der Waals surface area contributed by atoms with Crippen molar-refractivity contribution in [3.05, 3.63) is 29.8 Å². The van der Waals surface area contributed by atoms with Gasteiger partial charge in [0.15, 0.2) is 0 Å². The fourth-order valence-corrected chi connectivity index (χ4v) is 3.98. The van der Waals surface area contributed by atoms with E-state index in [1.807, 2.05) is 39.8 Å². The second-order valence-corrected chi connectivity index (χ2v) is 7.05. The minimum atomic E-state index is -3.46. The minimum Gasteiger partial charge on any atom is -0.313 e. The Labute approximate surface area is 129 Å². The summed E-state index contributed by atoms with van der Waals surface area (Å²) in [5.41, 5.74) is 0.741. The van der Waals surface area contributed by atoms with E-state index in [1.165, 1.54) is 0 Å². The Kier molecular flexibility index (Phi) is 6.84. The molecule has 0 radical (unpaired) electrons. The average molecular weight is 312 g/mol. The number of benzene rings is 1. The van der Waals surface area contributed by atoms with Gasteiger partial charge in [0.05, 0.1) is 4.90 Å². The lowest BCUT2D eigenvalue weighted by Crippen LogP contribution is -2.46.